The van der Waals surface area contributed by atoms with Crippen LogP contribution in [0.1, 0.15) is 22.8 Å². The lowest BCUT2D eigenvalue weighted by molar-refractivity contribution is 0.0956. The minimum Gasteiger partial charge on any atom is -0.490 e. The van der Waals surface area contributed by atoms with Gasteiger partial charge in [0.2, 0.25) is 0 Å². The number of carbonyl (C=O) groups is 1. The van der Waals surface area contributed by atoms with Gasteiger partial charge in [0.1, 0.15) is 4.90 Å². The van der Waals surface area contributed by atoms with Crippen molar-refractivity contribution in [2.45, 2.75) is 11.8 Å². The molecule has 4 aromatic rings. The van der Waals surface area contributed by atoms with Crippen molar-refractivity contribution in [3.63, 3.8) is 0 Å². The molecule has 0 aromatic heterocycles. The fourth-order valence-corrected chi connectivity index (χ4v) is 5.03. The molecule has 4 aromatic carbocycles. The Bertz CT molecular complexity index is 1500. The third-order valence-electron chi connectivity index (χ3n) is 4.97. The molecule has 0 saturated carbocycles. The zero-order chi connectivity index (χ0) is 24.8. The monoisotopic (exact) mass is 552 g/mol. The van der Waals surface area contributed by atoms with Crippen LogP contribution in [0.2, 0.25) is 0 Å². The zero-order valence-corrected chi connectivity index (χ0v) is 21.0. The molecular formula is C26H21BrN2O5S. The van der Waals surface area contributed by atoms with E-state index in [0.29, 0.717) is 15.6 Å². The predicted molar refractivity (Wildman–Crippen MR) is 139 cm³/mol. The first-order chi connectivity index (χ1) is 16.9. The zero-order valence-electron chi connectivity index (χ0n) is 18.6. The molecule has 0 radical (unpaired) electrons. The van der Waals surface area contributed by atoms with Gasteiger partial charge in [-0.3, -0.25) is 4.79 Å². The first kappa shape index (κ1) is 24.4. The normalized spacial score (nSPS) is 11.5. The summed E-state index contributed by atoms with van der Waals surface area (Å²) >= 11 is 3.36. The molecule has 0 unspecified atom stereocenters. The van der Waals surface area contributed by atoms with Crippen LogP contribution in [-0.4, -0.2) is 27.1 Å². The Balaban J connectivity index is 1.56. The second kappa shape index (κ2) is 10.7. The van der Waals surface area contributed by atoms with E-state index in [9.17, 15) is 13.2 Å². The molecule has 0 heterocycles. The average molecular weight is 553 g/mol. The highest BCUT2D eigenvalue weighted by Crippen LogP contribution is 2.38. The van der Waals surface area contributed by atoms with Crippen molar-refractivity contribution in [1.82, 2.24) is 5.43 Å². The second-order valence-corrected chi connectivity index (χ2v) is 9.74. The second-order valence-electron chi connectivity index (χ2n) is 7.34. The number of ether oxygens (including phenoxy) is 1. The van der Waals surface area contributed by atoms with Crippen LogP contribution in [0, 0.1) is 0 Å². The summed E-state index contributed by atoms with van der Waals surface area (Å²) in [5.74, 6) is -0.119. The molecule has 0 aliphatic carbocycles. The van der Waals surface area contributed by atoms with Crippen molar-refractivity contribution in [3.05, 3.63) is 101 Å². The van der Waals surface area contributed by atoms with Crippen LogP contribution in [0.5, 0.6) is 11.5 Å². The van der Waals surface area contributed by atoms with E-state index in [2.05, 4.69) is 26.5 Å². The molecule has 0 fully saturated rings. The van der Waals surface area contributed by atoms with Gasteiger partial charge in [0.25, 0.3) is 5.91 Å². The van der Waals surface area contributed by atoms with Crippen LogP contribution in [0.25, 0.3) is 10.8 Å². The predicted octanol–water partition coefficient (Wildman–Crippen LogP) is 5.53. The molecule has 4 rings (SSSR count). The van der Waals surface area contributed by atoms with Crippen LogP contribution < -0.4 is 14.3 Å². The molecule has 0 bridgehead atoms. The molecule has 7 nitrogen and oxygen atoms in total. The Morgan fingerprint density at radius 3 is 2.49 bits per heavy atom. The van der Waals surface area contributed by atoms with Gasteiger partial charge in [-0.05, 0) is 69.5 Å². The number of nitrogens with one attached hydrogen (secondary N) is 1. The lowest BCUT2D eigenvalue weighted by atomic mass is 10.0. The van der Waals surface area contributed by atoms with E-state index < -0.39 is 10.1 Å². The molecule has 1 N–H and O–H groups in total. The highest BCUT2D eigenvalue weighted by molar-refractivity contribution is 9.10. The molecule has 178 valence electrons. The minimum absolute atomic E-state index is 0.0210. The van der Waals surface area contributed by atoms with Gasteiger partial charge in [-0.25, -0.2) is 5.43 Å². The fourth-order valence-electron chi connectivity index (χ4n) is 3.40. The maximum absolute atomic E-state index is 12.7. The van der Waals surface area contributed by atoms with Gasteiger partial charge in [-0.1, -0.05) is 54.6 Å². The Labute approximate surface area is 211 Å². The molecule has 0 spiro atoms. The summed E-state index contributed by atoms with van der Waals surface area (Å²) in [5.41, 5.74) is 3.60. The molecule has 1 amide bonds. The molecule has 0 aliphatic rings. The molecule has 0 aliphatic heterocycles. The SMILES string of the molecule is CCOc1cc(/C=N\NC(=O)c2cccc3ccccc23)cc(Br)c1OS(=O)(=O)c1ccccc1. The summed E-state index contributed by atoms with van der Waals surface area (Å²) in [5, 5.41) is 5.84. The Kier molecular flexibility index (Phi) is 7.48. The summed E-state index contributed by atoms with van der Waals surface area (Å²) in [6.45, 7) is 2.06. The van der Waals surface area contributed by atoms with Crippen LogP contribution in [0.4, 0.5) is 0 Å². The van der Waals surface area contributed by atoms with Crippen LogP contribution in [0.15, 0.2) is 99.4 Å². The van der Waals surface area contributed by atoms with Gasteiger partial charge in [-0.2, -0.15) is 13.5 Å². The number of halogens is 1. The lowest BCUT2D eigenvalue weighted by Gasteiger charge is -2.14. The van der Waals surface area contributed by atoms with Crippen molar-refractivity contribution in [1.29, 1.82) is 0 Å². The third-order valence-corrected chi connectivity index (χ3v) is 6.80. The van der Waals surface area contributed by atoms with Crippen molar-refractivity contribution >= 4 is 48.9 Å². The highest BCUT2D eigenvalue weighted by Gasteiger charge is 2.22. The smallest absolute Gasteiger partial charge is 0.339 e. The number of amides is 1. The van der Waals surface area contributed by atoms with E-state index in [1.807, 2.05) is 36.4 Å². The minimum atomic E-state index is -4.07. The van der Waals surface area contributed by atoms with Gasteiger partial charge >= 0.3 is 10.1 Å². The maximum Gasteiger partial charge on any atom is 0.339 e. The first-order valence-corrected chi connectivity index (χ1v) is 12.9. The van der Waals surface area contributed by atoms with E-state index in [4.69, 9.17) is 8.92 Å². The van der Waals surface area contributed by atoms with Crippen molar-refractivity contribution < 1.29 is 22.1 Å². The number of hydrazone groups is 1. The standard InChI is InChI=1S/C26H21BrN2O5S/c1-2-33-24-16-18(15-23(27)25(24)34-35(31,32)20-11-4-3-5-12-20)17-28-29-26(30)22-14-8-10-19-9-6-7-13-21(19)22/h3-17H,2H2,1H3,(H,29,30)/b28-17-. The van der Waals surface area contributed by atoms with Gasteiger partial charge in [0, 0.05) is 5.56 Å². The molecular weight excluding hydrogens is 532 g/mol. The quantitative estimate of drug-likeness (QED) is 0.176. The van der Waals surface area contributed by atoms with E-state index >= 15 is 0 Å². The number of fused-ring (bicyclic) bond motifs is 1. The largest absolute Gasteiger partial charge is 0.490 e. The number of benzene rings is 4. The van der Waals surface area contributed by atoms with Crippen molar-refractivity contribution in [2.75, 3.05) is 6.61 Å². The van der Waals surface area contributed by atoms with Crippen LogP contribution >= 0.6 is 15.9 Å². The van der Waals surface area contributed by atoms with Crippen LogP contribution in [-0.2, 0) is 10.1 Å². The molecule has 0 saturated heterocycles. The maximum atomic E-state index is 12.7. The number of hydrogen-bond donors (Lipinski definition) is 1. The summed E-state index contributed by atoms with van der Waals surface area (Å²) in [6.07, 6.45) is 1.44. The third kappa shape index (κ3) is 5.70. The van der Waals surface area contributed by atoms with E-state index in [0.717, 1.165) is 10.8 Å². The fraction of sp³-hybridized carbons (Fsp3) is 0.0769. The Morgan fingerprint density at radius 2 is 1.71 bits per heavy atom. The molecule has 9 heteroatoms. The van der Waals surface area contributed by atoms with Gasteiger partial charge in [0.05, 0.1) is 17.3 Å². The van der Waals surface area contributed by atoms with Gasteiger partial charge in [-0.15, -0.1) is 0 Å². The number of carbonyl (C=O) groups excluding carboxylic acids is 1. The van der Waals surface area contributed by atoms with Crippen LogP contribution in [0.3, 0.4) is 0 Å². The Morgan fingerprint density at radius 1 is 1.00 bits per heavy atom. The molecule has 35 heavy (non-hydrogen) atoms. The topological polar surface area (TPSA) is 94.1 Å². The first-order valence-electron chi connectivity index (χ1n) is 10.7. The number of nitrogens with zero attached hydrogens (tertiary/aromatic N) is 1. The van der Waals surface area contributed by atoms with Crippen molar-refractivity contribution in [3.8, 4) is 11.5 Å². The van der Waals surface area contributed by atoms with E-state index in [1.165, 1.54) is 18.3 Å². The highest BCUT2D eigenvalue weighted by atomic mass is 79.9. The lowest BCUT2D eigenvalue weighted by Crippen LogP contribution is -2.18. The Hall–Kier alpha value is -3.69. The number of rotatable bonds is 8. The van der Waals surface area contributed by atoms with Crippen molar-refractivity contribution in [2.24, 2.45) is 5.10 Å². The summed E-state index contributed by atoms with van der Waals surface area (Å²) in [7, 11) is -4.07. The summed E-state index contributed by atoms with van der Waals surface area (Å²) < 4.78 is 36.7. The van der Waals surface area contributed by atoms with E-state index in [-0.39, 0.29) is 28.9 Å². The van der Waals surface area contributed by atoms with Gasteiger partial charge in [0.15, 0.2) is 11.5 Å². The van der Waals surface area contributed by atoms with Gasteiger partial charge < -0.3 is 8.92 Å². The molecule has 0 atom stereocenters. The average Bonchev–Trinajstić information content (AvgIpc) is 2.86. The summed E-state index contributed by atoms with van der Waals surface area (Å²) in [6, 6.07) is 24.1. The number of hydrogen-bond acceptors (Lipinski definition) is 6. The van der Waals surface area contributed by atoms with E-state index in [1.54, 1.807) is 43.3 Å². The summed E-state index contributed by atoms with van der Waals surface area (Å²) in [4.78, 5) is 12.7.